The summed E-state index contributed by atoms with van der Waals surface area (Å²) in [5.41, 5.74) is 2.01. The second-order valence-electron chi connectivity index (χ2n) is 5.59. The quantitative estimate of drug-likeness (QED) is 0.794. The van der Waals surface area contributed by atoms with Crippen LogP contribution in [-0.2, 0) is 0 Å². The van der Waals surface area contributed by atoms with Crippen molar-refractivity contribution in [1.29, 1.82) is 5.26 Å². The van der Waals surface area contributed by atoms with Crippen molar-refractivity contribution in [2.75, 3.05) is 31.6 Å². The normalized spacial score (nSPS) is 20.1. The van der Waals surface area contributed by atoms with Gasteiger partial charge < -0.3 is 9.80 Å². The number of anilines is 1. The molecule has 1 saturated heterocycles. The highest BCUT2D eigenvalue weighted by molar-refractivity contribution is 5.98. The van der Waals surface area contributed by atoms with Crippen LogP contribution in [0.15, 0.2) is 36.4 Å². The molecule has 1 atom stereocenters. The van der Waals surface area contributed by atoms with Crippen LogP contribution in [0.25, 0.3) is 10.8 Å². The van der Waals surface area contributed by atoms with Gasteiger partial charge in [0, 0.05) is 42.1 Å². The van der Waals surface area contributed by atoms with Crippen molar-refractivity contribution in [3.8, 4) is 6.07 Å². The van der Waals surface area contributed by atoms with Crippen LogP contribution in [0.2, 0.25) is 0 Å². The number of fused-ring (bicyclic) bond motifs is 1. The van der Waals surface area contributed by atoms with E-state index < -0.39 is 0 Å². The summed E-state index contributed by atoms with van der Waals surface area (Å²) in [6, 6.07) is 15.0. The highest BCUT2D eigenvalue weighted by atomic mass is 15.3. The number of likely N-dealkylation sites (N-methyl/N-ethyl adjacent to an activating group) is 1. The van der Waals surface area contributed by atoms with Crippen LogP contribution in [0.4, 0.5) is 5.69 Å². The molecule has 0 radical (unpaired) electrons. The standard InChI is InChI=1S/C17H19N3/c1-13-12-19(2)9-10-20(13)17-8-7-14(11-18)15-5-3-4-6-16(15)17/h3-8,13H,9-10,12H2,1-2H3. The Kier molecular flexibility index (Phi) is 3.33. The van der Waals surface area contributed by atoms with Crippen LogP contribution in [0, 0.1) is 11.3 Å². The first-order chi connectivity index (χ1) is 9.70. The molecule has 0 saturated carbocycles. The lowest BCUT2D eigenvalue weighted by molar-refractivity contribution is 0.276. The van der Waals surface area contributed by atoms with Gasteiger partial charge in [-0.15, -0.1) is 0 Å². The van der Waals surface area contributed by atoms with E-state index >= 15 is 0 Å². The lowest BCUT2D eigenvalue weighted by Crippen LogP contribution is -2.50. The zero-order chi connectivity index (χ0) is 14.1. The summed E-state index contributed by atoms with van der Waals surface area (Å²) in [7, 11) is 2.17. The Morgan fingerprint density at radius 2 is 1.85 bits per heavy atom. The van der Waals surface area contributed by atoms with Gasteiger partial charge in [0.15, 0.2) is 0 Å². The molecule has 3 nitrogen and oxygen atoms in total. The third-order valence-electron chi connectivity index (χ3n) is 4.16. The van der Waals surface area contributed by atoms with Crippen LogP contribution in [-0.4, -0.2) is 37.6 Å². The van der Waals surface area contributed by atoms with Crippen molar-refractivity contribution in [2.24, 2.45) is 0 Å². The molecule has 3 heteroatoms. The fourth-order valence-electron chi connectivity index (χ4n) is 3.13. The van der Waals surface area contributed by atoms with Gasteiger partial charge in [0.05, 0.1) is 11.6 Å². The van der Waals surface area contributed by atoms with Crippen molar-refractivity contribution in [3.63, 3.8) is 0 Å². The van der Waals surface area contributed by atoms with Gasteiger partial charge >= 0.3 is 0 Å². The minimum absolute atomic E-state index is 0.491. The Bertz CT molecular complexity index is 671. The molecule has 1 unspecified atom stereocenters. The largest absolute Gasteiger partial charge is 0.366 e. The summed E-state index contributed by atoms with van der Waals surface area (Å²) in [5.74, 6) is 0. The van der Waals surface area contributed by atoms with E-state index in [4.69, 9.17) is 0 Å². The zero-order valence-corrected chi connectivity index (χ0v) is 12.0. The van der Waals surface area contributed by atoms with Gasteiger partial charge in [-0.2, -0.15) is 5.26 Å². The number of rotatable bonds is 1. The minimum Gasteiger partial charge on any atom is -0.366 e. The van der Waals surface area contributed by atoms with Crippen molar-refractivity contribution < 1.29 is 0 Å². The van der Waals surface area contributed by atoms with Gasteiger partial charge in [-0.3, -0.25) is 0 Å². The van der Waals surface area contributed by atoms with E-state index in [0.717, 1.165) is 30.6 Å². The molecule has 2 aromatic carbocycles. The number of nitriles is 1. The van der Waals surface area contributed by atoms with Crippen LogP contribution in [0.5, 0.6) is 0 Å². The first-order valence-corrected chi connectivity index (χ1v) is 7.07. The Balaban J connectivity index is 2.11. The highest BCUT2D eigenvalue weighted by Crippen LogP contribution is 2.31. The predicted molar refractivity (Wildman–Crippen MR) is 83.0 cm³/mol. The zero-order valence-electron chi connectivity index (χ0n) is 12.0. The third-order valence-corrected chi connectivity index (χ3v) is 4.16. The van der Waals surface area contributed by atoms with Crippen molar-refractivity contribution >= 4 is 16.5 Å². The summed E-state index contributed by atoms with van der Waals surface area (Å²) >= 11 is 0. The minimum atomic E-state index is 0.491. The van der Waals surface area contributed by atoms with E-state index in [1.54, 1.807) is 0 Å². The van der Waals surface area contributed by atoms with Crippen LogP contribution in [0.1, 0.15) is 12.5 Å². The Morgan fingerprint density at radius 1 is 1.10 bits per heavy atom. The number of piperazine rings is 1. The number of nitrogens with zero attached hydrogens (tertiary/aromatic N) is 3. The molecule has 0 spiro atoms. The molecule has 2 aromatic rings. The lowest BCUT2D eigenvalue weighted by atomic mass is 10.0. The average molecular weight is 265 g/mol. The average Bonchev–Trinajstić information content (AvgIpc) is 2.47. The first kappa shape index (κ1) is 13.0. The van der Waals surface area contributed by atoms with E-state index in [0.29, 0.717) is 6.04 Å². The van der Waals surface area contributed by atoms with Gasteiger partial charge in [-0.25, -0.2) is 0 Å². The monoisotopic (exact) mass is 265 g/mol. The molecule has 3 rings (SSSR count). The van der Waals surface area contributed by atoms with E-state index in [1.165, 1.54) is 11.1 Å². The van der Waals surface area contributed by atoms with Gasteiger partial charge in [-0.05, 0) is 26.1 Å². The van der Waals surface area contributed by atoms with Gasteiger partial charge in [0.2, 0.25) is 0 Å². The molecule has 0 amide bonds. The molecule has 1 aliphatic heterocycles. The van der Waals surface area contributed by atoms with Crippen molar-refractivity contribution in [3.05, 3.63) is 42.0 Å². The van der Waals surface area contributed by atoms with Gasteiger partial charge in [0.1, 0.15) is 0 Å². The Hall–Kier alpha value is -2.05. The van der Waals surface area contributed by atoms with Crippen LogP contribution >= 0.6 is 0 Å². The molecule has 0 aromatic heterocycles. The molecular weight excluding hydrogens is 246 g/mol. The maximum atomic E-state index is 9.25. The first-order valence-electron chi connectivity index (χ1n) is 7.07. The van der Waals surface area contributed by atoms with E-state index in [2.05, 4.69) is 42.0 Å². The van der Waals surface area contributed by atoms with E-state index in [9.17, 15) is 5.26 Å². The molecule has 1 aliphatic rings. The maximum Gasteiger partial charge on any atom is 0.0998 e. The molecule has 0 bridgehead atoms. The fourth-order valence-corrected chi connectivity index (χ4v) is 3.13. The summed E-state index contributed by atoms with van der Waals surface area (Å²) in [6.07, 6.45) is 0. The Labute approximate surface area is 120 Å². The number of hydrogen-bond donors (Lipinski definition) is 0. The second kappa shape index (κ2) is 5.15. The number of hydrogen-bond acceptors (Lipinski definition) is 3. The van der Waals surface area contributed by atoms with Crippen molar-refractivity contribution in [2.45, 2.75) is 13.0 Å². The van der Waals surface area contributed by atoms with Crippen LogP contribution < -0.4 is 4.90 Å². The molecule has 0 N–H and O–H groups in total. The topological polar surface area (TPSA) is 30.3 Å². The predicted octanol–water partition coefficient (Wildman–Crippen LogP) is 2.85. The lowest BCUT2D eigenvalue weighted by Gasteiger charge is -2.40. The summed E-state index contributed by atoms with van der Waals surface area (Å²) in [5, 5.41) is 11.5. The summed E-state index contributed by atoms with van der Waals surface area (Å²) < 4.78 is 0. The summed E-state index contributed by atoms with van der Waals surface area (Å²) in [6.45, 7) is 5.46. The molecule has 0 aliphatic carbocycles. The molecule has 102 valence electrons. The summed E-state index contributed by atoms with van der Waals surface area (Å²) in [4.78, 5) is 4.83. The smallest absolute Gasteiger partial charge is 0.0998 e. The molecule has 20 heavy (non-hydrogen) atoms. The maximum absolute atomic E-state index is 9.25. The van der Waals surface area contributed by atoms with Gasteiger partial charge in [0.25, 0.3) is 0 Å². The van der Waals surface area contributed by atoms with Crippen molar-refractivity contribution in [1.82, 2.24) is 4.90 Å². The highest BCUT2D eigenvalue weighted by Gasteiger charge is 2.23. The molecule has 1 fully saturated rings. The van der Waals surface area contributed by atoms with E-state index in [1.807, 2.05) is 24.3 Å². The SMILES string of the molecule is CC1CN(C)CCN1c1ccc(C#N)c2ccccc12. The molecule has 1 heterocycles. The van der Waals surface area contributed by atoms with Crippen LogP contribution in [0.3, 0.4) is 0 Å². The number of benzene rings is 2. The van der Waals surface area contributed by atoms with E-state index in [-0.39, 0.29) is 0 Å². The molecular formula is C17H19N3. The second-order valence-corrected chi connectivity index (χ2v) is 5.59. The fraction of sp³-hybridized carbons (Fsp3) is 0.353. The van der Waals surface area contributed by atoms with Gasteiger partial charge in [-0.1, -0.05) is 24.3 Å². The Morgan fingerprint density at radius 3 is 2.55 bits per heavy atom. The third kappa shape index (κ3) is 2.13.